The van der Waals surface area contributed by atoms with E-state index < -0.39 is 12.4 Å². The Labute approximate surface area is 152 Å². The summed E-state index contributed by atoms with van der Waals surface area (Å²) in [5.41, 5.74) is 5.95. The van der Waals surface area contributed by atoms with Crippen LogP contribution in [-0.2, 0) is 6.54 Å². The number of nitrogens with zero attached hydrogens (tertiary/aromatic N) is 4. The van der Waals surface area contributed by atoms with Crippen LogP contribution in [-0.4, -0.2) is 48.6 Å². The summed E-state index contributed by atoms with van der Waals surface area (Å²) in [5, 5.41) is 2.88. The summed E-state index contributed by atoms with van der Waals surface area (Å²) in [4.78, 5) is 12.5. The lowest BCUT2D eigenvalue weighted by molar-refractivity contribution is -0.0506. The van der Waals surface area contributed by atoms with Crippen LogP contribution >= 0.6 is 11.3 Å². The monoisotopic (exact) mass is 385 g/mol. The number of halogens is 3. The predicted molar refractivity (Wildman–Crippen MR) is 94.3 cm³/mol. The van der Waals surface area contributed by atoms with Gasteiger partial charge >= 0.3 is 6.61 Å². The smallest absolute Gasteiger partial charge is 0.387 e. The number of aromatic nitrogens is 1. The number of nitrogens with two attached hydrogens (primary N) is 1. The average Bonchev–Trinajstić information content (AvgIpc) is 3.15. The van der Waals surface area contributed by atoms with Gasteiger partial charge in [0.05, 0.1) is 12.1 Å². The van der Waals surface area contributed by atoms with E-state index in [0.717, 1.165) is 18.2 Å². The molecule has 3 rings (SSSR count). The highest BCUT2D eigenvalue weighted by Crippen LogP contribution is 2.24. The standard InChI is InChI=1S/C16H18F3N5OS/c17-12-2-1-3-13(25-14(18)19)11(12)10-22-15(20)23-5-7-24(8-6-23)16-21-4-9-26-16/h1-4,9,14H,5-8,10H2,(H2,20,22). The lowest BCUT2D eigenvalue weighted by atomic mass is 10.2. The highest BCUT2D eigenvalue weighted by Gasteiger charge is 2.20. The van der Waals surface area contributed by atoms with Crippen LogP contribution in [0.2, 0.25) is 0 Å². The SMILES string of the molecule is NC(=NCc1c(F)cccc1OC(F)F)N1CCN(c2nccs2)CC1. The number of ether oxygens (including phenoxy) is 1. The van der Waals surface area contributed by atoms with Gasteiger partial charge in [-0.15, -0.1) is 11.3 Å². The van der Waals surface area contributed by atoms with Crippen LogP contribution in [0.5, 0.6) is 5.75 Å². The normalized spacial score (nSPS) is 15.6. The van der Waals surface area contributed by atoms with Crippen LogP contribution in [0.25, 0.3) is 0 Å². The Hall–Kier alpha value is -2.49. The molecular weight excluding hydrogens is 367 g/mol. The number of hydrogen-bond acceptors (Lipinski definition) is 5. The van der Waals surface area contributed by atoms with Crippen LogP contribution < -0.4 is 15.4 Å². The number of anilines is 1. The zero-order valence-electron chi connectivity index (χ0n) is 13.8. The van der Waals surface area contributed by atoms with E-state index in [1.165, 1.54) is 18.2 Å². The van der Waals surface area contributed by atoms with E-state index in [2.05, 4.69) is 19.6 Å². The molecule has 0 saturated carbocycles. The number of aliphatic imine (C=N–C) groups is 1. The number of benzene rings is 1. The van der Waals surface area contributed by atoms with E-state index >= 15 is 0 Å². The lowest BCUT2D eigenvalue weighted by Gasteiger charge is -2.35. The fourth-order valence-electron chi connectivity index (χ4n) is 2.66. The molecular formula is C16H18F3N5OS. The van der Waals surface area contributed by atoms with E-state index in [-0.39, 0.29) is 23.8 Å². The van der Waals surface area contributed by atoms with Crippen LogP contribution in [0.4, 0.5) is 18.3 Å². The maximum absolute atomic E-state index is 13.9. The molecule has 2 N–H and O–H groups in total. The van der Waals surface area contributed by atoms with Crippen molar-refractivity contribution in [3.05, 3.63) is 41.2 Å². The van der Waals surface area contributed by atoms with E-state index in [4.69, 9.17) is 5.73 Å². The summed E-state index contributed by atoms with van der Waals surface area (Å²) in [6, 6.07) is 3.76. The fraction of sp³-hybridized carbons (Fsp3) is 0.375. The maximum atomic E-state index is 13.9. The second kappa shape index (κ2) is 8.26. The van der Waals surface area contributed by atoms with Gasteiger partial charge in [-0.05, 0) is 12.1 Å². The molecule has 0 aliphatic carbocycles. The number of piperazine rings is 1. The van der Waals surface area contributed by atoms with Gasteiger partial charge in [0.2, 0.25) is 0 Å². The highest BCUT2D eigenvalue weighted by atomic mass is 32.1. The van der Waals surface area contributed by atoms with Gasteiger partial charge in [0.15, 0.2) is 11.1 Å². The zero-order chi connectivity index (χ0) is 18.5. The molecule has 140 valence electrons. The summed E-state index contributed by atoms with van der Waals surface area (Å²) in [6.45, 7) is -0.436. The van der Waals surface area contributed by atoms with E-state index in [1.54, 1.807) is 17.5 Å². The van der Waals surface area contributed by atoms with Gasteiger partial charge in [-0.3, -0.25) is 0 Å². The summed E-state index contributed by atoms with van der Waals surface area (Å²) in [7, 11) is 0. The van der Waals surface area contributed by atoms with Gasteiger partial charge in [-0.1, -0.05) is 6.07 Å². The molecule has 0 radical (unpaired) electrons. The van der Waals surface area contributed by atoms with Crippen molar-refractivity contribution in [2.24, 2.45) is 10.7 Å². The van der Waals surface area contributed by atoms with Crippen molar-refractivity contribution in [1.82, 2.24) is 9.88 Å². The van der Waals surface area contributed by atoms with Gasteiger partial charge in [0.25, 0.3) is 0 Å². The Kier molecular flexibility index (Phi) is 5.82. The Morgan fingerprint density at radius 2 is 2.08 bits per heavy atom. The molecule has 1 aliphatic rings. The molecule has 2 heterocycles. The third-order valence-corrected chi connectivity index (χ3v) is 4.82. The number of hydrogen-bond donors (Lipinski definition) is 1. The predicted octanol–water partition coefficient (Wildman–Crippen LogP) is 2.52. The quantitative estimate of drug-likeness (QED) is 0.633. The molecule has 0 spiro atoms. The Bertz CT molecular complexity index is 748. The number of guanidine groups is 1. The second-order valence-electron chi connectivity index (χ2n) is 5.56. The molecule has 1 aliphatic heterocycles. The van der Waals surface area contributed by atoms with Crippen molar-refractivity contribution < 1.29 is 17.9 Å². The number of thiazole rings is 1. The first-order valence-electron chi connectivity index (χ1n) is 7.96. The van der Waals surface area contributed by atoms with Crippen molar-refractivity contribution in [3.63, 3.8) is 0 Å². The topological polar surface area (TPSA) is 67.0 Å². The first-order valence-corrected chi connectivity index (χ1v) is 8.84. The summed E-state index contributed by atoms with van der Waals surface area (Å²) < 4.78 is 43.2. The third-order valence-electron chi connectivity index (χ3n) is 3.98. The second-order valence-corrected chi connectivity index (χ2v) is 6.43. The molecule has 1 saturated heterocycles. The minimum atomic E-state index is -3.03. The molecule has 26 heavy (non-hydrogen) atoms. The molecule has 0 unspecified atom stereocenters. The zero-order valence-corrected chi connectivity index (χ0v) is 14.6. The summed E-state index contributed by atoms with van der Waals surface area (Å²) >= 11 is 1.57. The van der Waals surface area contributed by atoms with Crippen molar-refractivity contribution in [2.75, 3.05) is 31.1 Å². The average molecular weight is 385 g/mol. The maximum Gasteiger partial charge on any atom is 0.387 e. The van der Waals surface area contributed by atoms with E-state index in [1.807, 2.05) is 10.3 Å². The number of rotatable bonds is 5. The Morgan fingerprint density at radius 1 is 1.31 bits per heavy atom. The van der Waals surface area contributed by atoms with Crippen molar-refractivity contribution in [2.45, 2.75) is 13.2 Å². The van der Waals surface area contributed by atoms with Gasteiger partial charge < -0.3 is 20.3 Å². The first kappa shape index (κ1) is 18.3. The van der Waals surface area contributed by atoms with Crippen molar-refractivity contribution in [1.29, 1.82) is 0 Å². The highest BCUT2D eigenvalue weighted by molar-refractivity contribution is 7.13. The Morgan fingerprint density at radius 3 is 2.73 bits per heavy atom. The Balaban J connectivity index is 1.63. The number of alkyl halides is 2. The minimum Gasteiger partial charge on any atom is -0.434 e. The molecule has 2 aromatic rings. The third kappa shape index (κ3) is 4.37. The molecule has 0 amide bonds. The summed E-state index contributed by atoms with van der Waals surface area (Å²) in [6.07, 6.45) is 1.76. The molecule has 6 nitrogen and oxygen atoms in total. The molecule has 10 heteroatoms. The van der Waals surface area contributed by atoms with Crippen molar-refractivity contribution in [3.8, 4) is 5.75 Å². The van der Waals surface area contributed by atoms with Crippen LogP contribution in [0.3, 0.4) is 0 Å². The van der Waals surface area contributed by atoms with Gasteiger partial charge in [0, 0.05) is 37.8 Å². The van der Waals surface area contributed by atoms with Gasteiger partial charge in [-0.2, -0.15) is 8.78 Å². The molecule has 1 aromatic carbocycles. The summed E-state index contributed by atoms with van der Waals surface area (Å²) in [5.74, 6) is -0.645. The first-order chi connectivity index (χ1) is 12.5. The van der Waals surface area contributed by atoms with Gasteiger partial charge in [0.1, 0.15) is 11.6 Å². The molecule has 0 atom stereocenters. The minimum absolute atomic E-state index is 0.0443. The van der Waals surface area contributed by atoms with Crippen LogP contribution in [0, 0.1) is 5.82 Å². The molecule has 0 bridgehead atoms. The fourth-order valence-corrected chi connectivity index (χ4v) is 3.35. The van der Waals surface area contributed by atoms with E-state index in [9.17, 15) is 13.2 Å². The lowest BCUT2D eigenvalue weighted by Crippen LogP contribution is -2.51. The molecule has 1 fully saturated rings. The van der Waals surface area contributed by atoms with Gasteiger partial charge in [-0.25, -0.2) is 14.4 Å². The largest absolute Gasteiger partial charge is 0.434 e. The van der Waals surface area contributed by atoms with Crippen LogP contribution in [0.15, 0.2) is 34.8 Å². The van der Waals surface area contributed by atoms with Crippen molar-refractivity contribution >= 4 is 22.4 Å². The van der Waals surface area contributed by atoms with E-state index in [0.29, 0.717) is 13.1 Å². The molecule has 1 aromatic heterocycles. The van der Waals surface area contributed by atoms with Crippen LogP contribution in [0.1, 0.15) is 5.56 Å².